The molecule has 2 heterocycles. The number of nitrogens with one attached hydrogen (secondary N) is 4. The van der Waals surface area contributed by atoms with Crippen LogP contribution in [0.25, 0.3) is 44.4 Å². The van der Waals surface area contributed by atoms with Gasteiger partial charge in [-0.2, -0.15) is 0 Å². The third kappa shape index (κ3) is 10.6. The quantitative estimate of drug-likeness (QED) is 0.0859. The summed E-state index contributed by atoms with van der Waals surface area (Å²) in [5.41, 5.74) is 6.12. The molecule has 0 radical (unpaired) electrons. The van der Waals surface area contributed by atoms with Crippen molar-refractivity contribution in [2.24, 2.45) is 0 Å². The lowest BCUT2D eigenvalue weighted by Gasteiger charge is -2.27. The highest BCUT2D eigenvalue weighted by atomic mass is 16.5. The number of aromatic nitrogens is 4. The van der Waals surface area contributed by atoms with E-state index < -0.39 is 24.1 Å². The standard InChI is InChI=1S/C44H46N8O7/c1-5-19-51(42(55)41(50-44(57)59-4)31-9-7-6-8-10-31)26-38-46-23-37(49-38)35-18-17-33-20-32(15-16-34(33)21-35)29-11-13-30(14-12-29)36-22-45-39(48-36)27-52(25-28(2)53)40(54)24-47-43(56)58-3/h6-18,20-23,41H,5,19,24-27H2,1-4H3,(H,45,48)(H,46,49)(H,47,56)(H,50,57)/t41-/m1/s1. The summed E-state index contributed by atoms with van der Waals surface area (Å²) in [5.74, 6) is 0.201. The number of aromatic amines is 2. The molecule has 15 heteroatoms. The molecule has 59 heavy (non-hydrogen) atoms. The average molecular weight is 799 g/mol. The number of methoxy groups -OCH3 is 2. The number of imidazole rings is 2. The predicted molar refractivity (Wildman–Crippen MR) is 221 cm³/mol. The lowest BCUT2D eigenvalue weighted by Crippen LogP contribution is -2.43. The summed E-state index contributed by atoms with van der Waals surface area (Å²) >= 11 is 0. The van der Waals surface area contributed by atoms with Gasteiger partial charge in [-0.1, -0.05) is 85.8 Å². The monoisotopic (exact) mass is 798 g/mol. The predicted octanol–water partition coefficient (Wildman–Crippen LogP) is 6.40. The van der Waals surface area contributed by atoms with E-state index in [-0.39, 0.29) is 37.9 Å². The number of fused-ring (bicyclic) bond motifs is 1. The molecule has 0 saturated carbocycles. The van der Waals surface area contributed by atoms with Crippen molar-refractivity contribution in [2.75, 3.05) is 33.9 Å². The molecule has 4 aromatic carbocycles. The third-order valence-electron chi connectivity index (χ3n) is 9.59. The van der Waals surface area contributed by atoms with Crippen LogP contribution in [0.5, 0.6) is 0 Å². The number of rotatable bonds is 16. The minimum atomic E-state index is -0.912. The van der Waals surface area contributed by atoms with Gasteiger partial charge < -0.3 is 39.9 Å². The van der Waals surface area contributed by atoms with Crippen molar-refractivity contribution >= 4 is 40.6 Å². The highest BCUT2D eigenvalue weighted by Crippen LogP contribution is 2.30. The number of Topliss-reactive ketones (excluding diaryl/α,β-unsaturated/α-hetero) is 1. The summed E-state index contributed by atoms with van der Waals surface area (Å²) in [5, 5.41) is 7.13. The van der Waals surface area contributed by atoms with Crippen LogP contribution < -0.4 is 10.6 Å². The number of alkyl carbamates (subject to hydrolysis) is 2. The van der Waals surface area contributed by atoms with Gasteiger partial charge in [-0.25, -0.2) is 19.6 Å². The molecule has 2 aromatic heterocycles. The van der Waals surface area contributed by atoms with E-state index in [1.807, 2.05) is 55.5 Å². The zero-order valence-corrected chi connectivity index (χ0v) is 33.3. The van der Waals surface area contributed by atoms with Crippen LogP contribution in [0.3, 0.4) is 0 Å². The fourth-order valence-electron chi connectivity index (χ4n) is 6.64. The van der Waals surface area contributed by atoms with Crippen molar-refractivity contribution in [3.63, 3.8) is 0 Å². The summed E-state index contributed by atoms with van der Waals surface area (Å²) in [6, 6.07) is 28.7. The van der Waals surface area contributed by atoms with Crippen LogP contribution >= 0.6 is 0 Å². The van der Waals surface area contributed by atoms with Gasteiger partial charge in [0.05, 0.1) is 57.6 Å². The van der Waals surface area contributed by atoms with Crippen molar-refractivity contribution in [1.82, 2.24) is 40.4 Å². The second kappa shape index (κ2) is 19.2. The summed E-state index contributed by atoms with van der Waals surface area (Å²) in [6.45, 7) is 3.71. The zero-order chi connectivity index (χ0) is 41.9. The molecule has 4 N–H and O–H groups in total. The molecular weight excluding hydrogens is 753 g/mol. The Morgan fingerprint density at radius 2 is 1.25 bits per heavy atom. The van der Waals surface area contributed by atoms with Gasteiger partial charge in [-0.05, 0) is 58.5 Å². The average Bonchev–Trinajstić information content (AvgIpc) is 3.94. The Labute approximate surface area is 341 Å². The van der Waals surface area contributed by atoms with E-state index in [4.69, 9.17) is 4.74 Å². The Morgan fingerprint density at radius 1 is 0.695 bits per heavy atom. The minimum Gasteiger partial charge on any atom is -0.453 e. The molecule has 0 aliphatic carbocycles. The van der Waals surface area contributed by atoms with Crippen molar-refractivity contribution in [3.05, 3.63) is 121 Å². The highest BCUT2D eigenvalue weighted by Gasteiger charge is 2.28. The van der Waals surface area contributed by atoms with E-state index in [9.17, 15) is 24.0 Å². The van der Waals surface area contributed by atoms with E-state index in [1.165, 1.54) is 26.0 Å². The maximum atomic E-state index is 13.8. The number of amides is 4. The summed E-state index contributed by atoms with van der Waals surface area (Å²) < 4.78 is 9.33. The van der Waals surface area contributed by atoms with E-state index in [1.54, 1.807) is 29.4 Å². The molecule has 0 saturated heterocycles. The normalized spacial score (nSPS) is 11.4. The molecular formula is C44H46N8O7. The number of hydrogen-bond acceptors (Lipinski definition) is 9. The first kappa shape index (κ1) is 41.3. The summed E-state index contributed by atoms with van der Waals surface area (Å²) in [6.07, 6.45) is 2.73. The van der Waals surface area contributed by atoms with E-state index in [2.05, 4.69) is 65.6 Å². The molecule has 304 valence electrons. The van der Waals surface area contributed by atoms with Crippen molar-refractivity contribution < 1.29 is 33.4 Å². The van der Waals surface area contributed by atoms with Crippen molar-refractivity contribution in [2.45, 2.75) is 39.4 Å². The van der Waals surface area contributed by atoms with Crippen LogP contribution in [0.1, 0.15) is 43.5 Å². The third-order valence-corrected chi connectivity index (χ3v) is 9.59. The molecule has 4 amide bonds. The van der Waals surface area contributed by atoms with Gasteiger partial charge in [0.2, 0.25) is 11.8 Å². The number of hydrogen-bond donors (Lipinski definition) is 4. The molecule has 0 aliphatic heterocycles. The molecule has 15 nitrogen and oxygen atoms in total. The molecule has 6 aromatic rings. The lowest BCUT2D eigenvalue weighted by atomic mass is 9.98. The number of benzene rings is 4. The number of carbonyl (C=O) groups is 5. The number of ketones is 1. The van der Waals surface area contributed by atoms with E-state index in [0.29, 0.717) is 23.8 Å². The van der Waals surface area contributed by atoms with Gasteiger partial charge in [0.25, 0.3) is 0 Å². The van der Waals surface area contributed by atoms with E-state index in [0.717, 1.165) is 50.8 Å². The maximum absolute atomic E-state index is 13.8. The fraction of sp³-hybridized carbons (Fsp3) is 0.250. The SMILES string of the molecule is CCCN(Cc1ncc(-c2ccc3cc(-c4ccc(-c5cnc(CN(CC(C)=O)C(=O)CNC(=O)OC)[nH]5)cc4)ccc3c2)[nH]1)C(=O)[C@H](NC(=O)OC)c1ccccc1. The first-order valence-electron chi connectivity index (χ1n) is 19.0. The maximum Gasteiger partial charge on any atom is 0.407 e. The van der Waals surface area contributed by atoms with Crippen molar-refractivity contribution in [3.8, 4) is 33.6 Å². The highest BCUT2D eigenvalue weighted by molar-refractivity contribution is 5.91. The van der Waals surface area contributed by atoms with Gasteiger partial charge in [0.1, 0.15) is 30.0 Å². The number of ether oxygens (including phenoxy) is 2. The zero-order valence-electron chi connectivity index (χ0n) is 33.3. The Balaban J connectivity index is 1.12. The van der Waals surface area contributed by atoms with Crippen molar-refractivity contribution in [1.29, 1.82) is 0 Å². The Kier molecular flexibility index (Phi) is 13.5. The second-order valence-electron chi connectivity index (χ2n) is 13.9. The van der Waals surface area contributed by atoms with Crippen LogP contribution in [-0.4, -0.2) is 93.4 Å². The van der Waals surface area contributed by atoms with Crippen LogP contribution in [0.2, 0.25) is 0 Å². The molecule has 0 aliphatic rings. The molecule has 0 unspecified atom stereocenters. The largest absolute Gasteiger partial charge is 0.453 e. The minimum absolute atomic E-state index is 0.0610. The molecule has 0 bridgehead atoms. The number of H-pyrrole nitrogens is 2. The topological polar surface area (TPSA) is 192 Å². The Morgan fingerprint density at radius 3 is 1.86 bits per heavy atom. The lowest BCUT2D eigenvalue weighted by molar-refractivity contribution is -0.134. The van der Waals surface area contributed by atoms with Crippen LogP contribution in [0.15, 0.2) is 103 Å². The first-order chi connectivity index (χ1) is 28.5. The fourth-order valence-corrected chi connectivity index (χ4v) is 6.64. The summed E-state index contributed by atoms with van der Waals surface area (Å²) in [7, 11) is 2.47. The van der Waals surface area contributed by atoms with Gasteiger partial charge in [-0.15, -0.1) is 0 Å². The van der Waals surface area contributed by atoms with Crippen LogP contribution in [-0.2, 0) is 36.9 Å². The summed E-state index contributed by atoms with van der Waals surface area (Å²) in [4.78, 5) is 80.6. The first-order valence-corrected chi connectivity index (χ1v) is 19.0. The van der Waals surface area contributed by atoms with Crippen LogP contribution in [0.4, 0.5) is 9.59 Å². The Bertz CT molecular complexity index is 2430. The second-order valence-corrected chi connectivity index (χ2v) is 13.9. The number of nitrogens with zero attached hydrogens (tertiary/aromatic N) is 4. The molecule has 6 rings (SSSR count). The molecule has 0 fully saturated rings. The van der Waals surface area contributed by atoms with Gasteiger partial charge >= 0.3 is 12.2 Å². The Hall–Kier alpha value is -7.29. The molecule has 0 spiro atoms. The van der Waals surface area contributed by atoms with E-state index >= 15 is 0 Å². The molecule has 1 atom stereocenters. The van der Waals surface area contributed by atoms with Gasteiger partial charge in [0, 0.05) is 12.1 Å². The number of carbonyl (C=O) groups excluding carboxylic acids is 5. The van der Waals surface area contributed by atoms with Gasteiger partial charge in [0.15, 0.2) is 0 Å². The van der Waals surface area contributed by atoms with Gasteiger partial charge in [-0.3, -0.25) is 14.4 Å². The van der Waals surface area contributed by atoms with Crippen LogP contribution in [0, 0.1) is 0 Å². The smallest absolute Gasteiger partial charge is 0.407 e.